The van der Waals surface area contributed by atoms with Gasteiger partial charge in [0.15, 0.2) is 0 Å². The molecule has 26 heavy (non-hydrogen) atoms. The lowest BCUT2D eigenvalue weighted by atomic mass is 10.2. The first-order valence-corrected chi connectivity index (χ1v) is 9.55. The Labute approximate surface area is 166 Å². The molecule has 0 bridgehead atoms. The van der Waals surface area contributed by atoms with E-state index in [-0.39, 0.29) is 5.91 Å². The van der Waals surface area contributed by atoms with Crippen LogP contribution < -0.4 is 10.2 Å². The van der Waals surface area contributed by atoms with Crippen LogP contribution in [0.2, 0.25) is 5.02 Å². The van der Waals surface area contributed by atoms with Crippen LogP contribution in [0.3, 0.4) is 0 Å². The van der Waals surface area contributed by atoms with Crippen molar-refractivity contribution in [2.45, 2.75) is 0 Å². The number of benzene rings is 1. The second-order valence-corrected chi connectivity index (χ2v) is 7.25. The summed E-state index contributed by atoms with van der Waals surface area (Å²) in [4.78, 5) is 21.2. The van der Waals surface area contributed by atoms with E-state index in [2.05, 4.69) is 42.6 Å². The maximum absolute atomic E-state index is 12.6. The Morgan fingerprint density at radius 1 is 1.31 bits per heavy atom. The topological polar surface area (TPSA) is 48.5 Å². The van der Waals surface area contributed by atoms with Gasteiger partial charge in [-0.2, -0.15) is 0 Å². The second-order valence-electron chi connectivity index (χ2n) is 6.03. The lowest BCUT2D eigenvalue weighted by Gasteiger charge is -2.36. The number of halogens is 2. The molecule has 0 aliphatic carbocycles. The van der Waals surface area contributed by atoms with Crippen molar-refractivity contribution in [3.05, 3.63) is 64.4 Å². The molecule has 1 aliphatic heterocycles. The van der Waals surface area contributed by atoms with Crippen molar-refractivity contribution in [3.63, 3.8) is 0 Å². The first-order chi connectivity index (χ1) is 12.6. The number of anilines is 2. The standard InChI is InChI=1S/C19H20BrClN4O/c1-2-8-24-9-11-25(12-10-24)18-15(21)4-3-5-16(18)23-19(26)14-6-7-22-17(20)13-14/h2-7,13H,1,8-12H2,(H,23,26). The van der Waals surface area contributed by atoms with E-state index in [1.54, 1.807) is 18.3 Å². The molecule has 1 fully saturated rings. The summed E-state index contributed by atoms with van der Waals surface area (Å²) in [7, 11) is 0. The summed E-state index contributed by atoms with van der Waals surface area (Å²) < 4.78 is 0.620. The van der Waals surface area contributed by atoms with E-state index in [0.29, 0.717) is 20.9 Å². The van der Waals surface area contributed by atoms with Gasteiger partial charge in [0.25, 0.3) is 5.91 Å². The Balaban J connectivity index is 1.80. The lowest BCUT2D eigenvalue weighted by Crippen LogP contribution is -2.46. The summed E-state index contributed by atoms with van der Waals surface area (Å²) >= 11 is 9.77. The highest BCUT2D eigenvalue weighted by molar-refractivity contribution is 9.10. The van der Waals surface area contributed by atoms with Crippen LogP contribution in [-0.4, -0.2) is 48.5 Å². The van der Waals surface area contributed by atoms with E-state index in [1.165, 1.54) is 0 Å². The Bertz CT molecular complexity index is 806. The molecule has 1 amide bonds. The van der Waals surface area contributed by atoms with E-state index in [1.807, 2.05) is 24.3 Å². The summed E-state index contributed by atoms with van der Waals surface area (Å²) in [5, 5.41) is 3.62. The van der Waals surface area contributed by atoms with E-state index in [9.17, 15) is 4.79 Å². The Morgan fingerprint density at radius 2 is 2.08 bits per heavy atom. The molecule has 5 nitrogen and oxygen atoms in total. The Hall–Kier alpha value is -1.89. The number of para-hydroxylation sites is 1. The third kappa shape index (κ3) is 4.44. The fraction of sp³-hybridized carbons (Fsp3) is 0.263. The highest BCUT2D eigenvalue weighted by atomic mass is 79.9. The van der Waals surface area contributed by atoms with E-state index >= 15 is 0 Å². The number of carbonyl (C=O) groups excluding carboxylic acids is 1. The van der Waals surface area contributed by atoms with Crippen molar-refractivity contribution in [1.29, 1.82) is 0 Å². The Morgan fingerprint density at radius 3 is 2.77 bits per heavy atom. The molecule has 0 atom stereocenters. The second kappa shape index (κ2) is 8.66. The van der Waals surface area contributed by atoms with Crippen LogP contribution in [0, 0.1) is 0 Å². The van der Waals surface area contributed by atoms with E-state index in [4.69, 9.17) is 11.6 Å². The predicted octanol–water partition coefficient (Wildman–Crippen LogP) is 4.06. The van der Waals surface area contributed by atoms with Crippen molar-refractivity contribution in [2.24, 2.45) is 0 Å². The normalized spacial score (nSPS) is 14.9. The van der Waals surface area contributed by atoms with Crippen LogP contribution >= 0.6 is 27.5 Å². The number of nitrogens with zero attached hydrogens (tertiary/aromatic N) is 3. The van der Waals surface area contributed by atoms with Gasteiger partial charge in [-0.15, -0.1) is 6.58 Å². The van der Waals surface area contributed by atoms with Gasteiger partial charge >= 0.3 is 0 Å². The van der Waals surface area contributed by atoms with Gasteiger partial charge in [-0.1, -0.05) is 23.7 Å². The van der Waals surface area contributed by atoms with Gasteiger partial charge in [0.2, 0.25) is 0 Å². The number of aromatic nitrogens is 1. The summed E-state index contributed by atoms with van der Waals surface area (Å²) in [6.07, 6.45) is 3.51. The van der Waals surface area contributed by atoms with Crippen LogP contribution in [-0.2, 0) is 0 Å². The van der Waals surface area contributed by atoms with Crippen LogP contribution in [0.15, 0.2) is 53.8 Å². The van der Waals surface area contributed by atoms with Crippen LogP contribution in [0.5, 0.6) is 0 Å². The quantitative estimate of drug-likeness (QED) is 0.568. The van der Waals surface area contributed by atoms with Gasteiger partial charge in [-0.05, 0) is 40.2 Å². The fourth-order valence-corrected chi connectivity index (χ4v) is 3.67. The fourth-order valence-electron chi connectivity index (χ4n) is 3.01. The van der Waals surface area contributed by atoms with Gasteiger partial charge in [0, 0.05) is 44.5 Å². The molecule has 0 spiro atoms. The van der Waals surface area contributed by atoms with Gasteiger partial charge in [0.05, 0.1) is 16.4 Å². The number of amides is 1. The maximum atomic E-state index is 12.6. The summed E-state index contributed by atoms with van der Waals surface area (Å²) in [5.41, 5.74) is 2.12. The molecule has 0 saturated carbocycles. The minimum Gasteiger partial charge on any atom is -0.366 e. The molecule has 1 aliphatic rings. The van der Waals surface area contributed by atoms with Crippen molar-refractivity contribution in [1.82, 2.24) is 9.88 Å². The third-order valence-electron chi connectivity index (χ3n) is 4.30. The molecule has 7 heteroatoms. The molecule has 3 rings (SSSR count). The number of piperazine rings is 1. The van der Waals surface area contributed by atoms with Crippen molar-refractivity contribution in [2.75, 3.05) is 42.9 Å². The van der Waals surface area contributed by atoms with E-state index < -0.39 is 0 Å². The first kappa shape index (κ1) is 18.9. The summed E-state index contributed by atoms with van der Waals surface area (Å²) in [5.74, 6) is -0.193. The molecule has 1 aromatic carbocycles. The number of carbonyl (C=O) groups is 1. The highest BCUT2D eigenvalue weighted by Gasteiger charge is 2.21. The highest BCUT2D eigenvalue weighted by Crippen LogP contribution is 2.35. The number of hydrogen-bond acceptors (Lipinski definition) is 4. The molecular weight excluding hydrogens is 416 g/mol. The van der Waals surface area contributed by atoms with Crippen molar-refractivity contribution >= 4 is 44.8 Å². The molecule has 0 unspecified atom stereocenters. The number of nitrogens with one attached hydrogen (secondary N) is 1. The van der Waals surface area contributed by atoms with Gasteiger partial charge in [0.1, 0.15) is 4.60 Å². The molecule has 1 saturated heterocycles. The Kier molecular flexibility index (Phi) is 6.29. The molecule has 1 N–H and O–H groups in total. The smallest absolute Gasteiger partial charge is 0.255 e. The van der Waals surface area contributed by atoms with Crippen molar-refractivity contribution in [3.8, 4) is 0 Å². The molecular formula is C19H20BrClN4O. The van der Waals surface area contributed by atoms with E-state index in [0.717, 1.165) is 38.4 Å². The van der Waals surface area contributed by atoms with Crippen LogP contribution in [0.1, 0.15) is 10.4 Å². The van der Waals surface area contributed by atoms with Crippen LogP contribution in [0.25, 0.3) is 0 Å². The molecule has 2 heterocycles. The zero-order valence-electron chi connectivity index (χ0n) is 14.3. The molecule has 2 aromatic rings. The largest absolute Gasteiger partial charge is 0.366 e. The monoisotopic (exact) mass is 434 g/mol. The molecule has 1 aromatic heterocycles. The first-order valence-electron chi connectivity index (χ1n) is 8.38. The zero-order chi connectivity index (χ0) is 18.5. The number of pyridine rings is 1. The number of rotatable bonds is 5. The third-order valence-corrected chi connectivity index (χ3v) is 5.04. The van der Waals surface area contributed by atoms with Crippen LogP contribution in [0.4, 0.5) is 11.4 Å². The zero-order valence-corrected chi connectivity index (χ0v) is 16.6. The van der Waals surface area contributed by atoms with Gasteiger partial charge < -0.3 is 10.2 Å². The summed E-state index contributed by atoms with van der Waals surface area (Å²) in [6.45, 7) is 8.24. The van der Waals surface area contributed by atoms with Gasteiger partial charge in [-0.25, -0.2) is 4.98 Å². The maximum Gasteiger partial charge on any atom is 0.255 e. The van der Waals surface area contributed by atoms with Gasteiger partial charge in [-0.3, -0.25) is 9.69 Å². The molecule has 136 valence electrons. The minimum atomic E-state index is -0.193. The lowest BCUT2D eigenvalue weighted by molar-refractivity contribution is 0.102. The number of hydrogen-bond donors (Lipinski definition) is 1. The SMILES string of the molecule is C=CCN1CCN(c2c(Cl)cccc2NC(=O)c2ccnc(Br)c2)CC1. The molecule has 0 radical (unpaired) electrons. The average molecular weight is 436 g/mol. The minimum absolute atomic E-state index is 0.193. The average Bonchev–Trinajstić information content (AvgIpc) is 2.63. The summed E-state index contributed by atoms with van der Waals surface area (Å²) in [6, 6.07) is 8.95. The predicted molar refractivity (Wildman–Crippen MR) is 110 cm³/mol. The van der Waals surface area contributed by atoms with Crippen molar-refractivity contribution < 1.29 is 4.79 Å².